The van der Waals surface area contributed by atoms with Gasteiger partial charge in [0.1, 0.15) is 0 Å². The molecule has 0 bridgehead atoms. The zero-order valence-corrected chi connectivity index (χ0v) is 17.5. The number of guanidine groups is 1. The minimum atomic E-state index is -0.0414. The summed E-state index contributed by atoms with van der Waals surface area (Å²) in [6.07, 6.45) is 1.11. The van der Waals surface area contributed by atoms with Crippen LogP contribution in [0.1, 0.15) is 50.0 Å². The van der Waals surface area contributed by atoms with Gasteiger partial charge >= 0.3 is 0 Å². The maximum atomic E-state index is 11.9. The van der Waals surface area contributed by atoms with Gasteiger partial charge in [0.15, 0.2) is 5.96 Å². The number of aliphatic imine (C=N–C) groups is 1. The molecule has 0 aromatic heterocycles. The van der Waals surface area contributed by atoms with Crippen molar-refractivity contribution < 1.29 is 4.79 Å². The summed E-state index contributed by atoms with van der Waals surface area (Å²) in [7, 11) is 0. The van der Waals surface area contributed by atoms with Crippen LogP contribution in [0, 0.1) is 5.92 Å². The molecule has 5 nitrogen and oxygen atoms in total. The monoisotopic (exact) mass is 446 g/mol. The Morgan fingerprint density at radius 1 is 1.12 bits per heavy atom. The van der Waals surface area contributed by atoms with Gasteiger partial charge in [-0.1, -0.05) is 26.0 Å². The van der Waals surface area contributed by atoms with Crippen molar-refractivity contribution in [2.75, 3.05) is 19.6 Å². The van der Waals surface area contributed by atoms with Crippen LogP contribution in [0.4, 0.5) is 0 Å². The highest BCUT2D eigenvalue weighted by Crippen LogP contribution is 2.07. The van der Waals surface area contributed by atoms with Gasteiger partial charge in [0.05, 0.1) is 6.54 Å². The first-order valence-corrected chi connectivity index (χ1v) is 8.46. The molecule has 3 N–H and O–H groups in total. The molecule has 0 radical (unpaired) electrons. The maximum Gasteiger partial charge on any atom is 0.251 e. The molecule has 0 aliphatic rings. The van der Waals surface area contributed by atoms with Crippen molar-refractivity contribution in [3.05, 3.63) is 35.4 Å². The highest BCUT2D eigenvalue weighted by Gasteiger charge is 2.05. The van der Waals surface area contributed by atoms with Gasteiger partial charge in [-0.3, -0.25) is 4.79 Å². The van der Waals surface area contributed by atoms with Crippen LogP contribution in [0.15, 0.2) is 29.3 Å². The van der Waals surface area contributed by atoms with Crippen molar-refractivity contribution in [3.8, 4) is 0 Å². The Kier molecular flexibility index (Phi) is 12.3. The number of hydrogen-bond donors (Lipinski definition) is 3. The Morgan fingerprint density at radius 3 is 2.46 bits per heavy atom. The fourth-order valence-electron chi connectivity index (χ4n) is 2.06. The average molecular weight is 446 g/mol. The Labute approximate surface area is 163 Å². The van der Waals surface area contributed by atoms with E-state index in [4.69, 9.17) is 0 Å². The van der Waals surface area contributed by atoms with E-state index < -0.39 is 0 Å². The summed E-state index contributed by atoms with van der Waals surface area (Å²) < 4.78 is 0. The Balaban J connectivity index is 0.00000529. The van der Waals surface area contributed by atoms with Crippen molar-refractivity contribution in [1.82, 2.24) is 16.0 Å². The fraction of sp³-hybridized carbons (Fsp3) is 0.556. The van der Waals surface area contributed by atoms with Crippen LogP contribution in [0.5, 0.6) is 0 Å². The van der Waals surface area contributed by atoms with Gasteiger partial charge in [-0.05, 0) is 43.9 Å². The molecule has 0 atom stereocenters. The molecule has 1 rings (SSSR count). The number of carbonyl (C=O) groups is 1. The molecule has 136 valence electrons. The van der Waals surface area contributed by atoms with E-state index in [1.54, 1.807) is 0 Å². The lowest BCUT2D eigenvalue weighted by molar-refractivity contribution is 0.0955. The number of carbonyl (C=O) groups excluding carboxylic acids is 1. The molecule has 0 aliphatic heterocycles. The minimum Gasteiger partial charge on any atom is -0.357 e. The first-order chi connectivity index (χ1) is 11.1. The van der Waals surface area contributed by atoms with E-state index >= 15 is 0 Å². The van der Waals surface area contributed by atoms with Gasteiger partial charge < -0.3 is 16.0 Å². The van der Waals surface area contributed by atoms with Gasteiger partial charge in [-0.15, -0.1) is 24.0 Å². The van der Waals surface area contributed by atoms with Crippen LogP contribution in [-0.2, 0) is 6.54 Å². The molecule has 0 saturated carbocycles. The molecule has 6 heteroatoms. The van der Waals surface area contributed by atoms with Crippen LogP contribution in [0.3, 0.4) is 0 Å². The van der Waals surface area contributed by atoms with E-state index in [1.807, 2.05) is 31.2 Å². The number of amides is 1. The van der Waals surface area contributed by atoms with Crippen LogP contribution in [-0.4, -0.2) is 31.5 Å². The highest BCUT2D eigenvalue weighted by molar-refractivity contribution is 14.0. The summed E-state index contributed by atoms with van der Waals surface area (Å²) >= 11 is 0. The predicted molar refractivity (Wildman–Crippen MR) is 112 cm³/mol. The Hall–Kier alpha value is -1.31. The van der Waals surface area contributed by atoms with Crippen molar-refractivity contribution in [2.24, 2.45) is 10.9 Å². The Bertz CT molecular complexity index is 517. The third-order valence-corrected chi connectivity index (χ3v) is 3.30. The standard InChI is InChI=1S/C18H30N4O.HI/c1-5-19-17(23)16-9-7-8-15(12-16)13-22-18(20-6-2)21-11-10-14(3)4;/h7-9,12,14H,5-6,10-11,13H2,1-4H3,(H,19,23)(H2,20,21,22);1H. The molecular formula is C18H31IN4O. The lowest BCUT2D eigenvalue weighted by Gasteiger charge is -2.12. The van der Waals surface area contributed by atoms with Crippen LogP contribution in [0.25, 0.3) is 0 Å². The smallest absolute Gasteiger partial charge is 0.251 e. The molecule has 0 aliphatic carbocycles. The minimum absolute atomic E-state index is 0. The van der Waals surface area contributed by atoms with Gasteiger partial charge in [-0.2, -0.15) is 0 Å². The number of rotatable bonds is 8. The summed E-state index contributed by atoms with van der Waals surface area (Å²) in [5.41, 5.74) is 1.70. The number of halogens is 1. The number of benzene rings is 1. The molecular weight excluding hydrogens is 415 g/mol. The van der Waals surface area contributed by atoms with Gasteiger partial charge in [0, 0.05) is 25.2 Å². The zero-order valence-electron chi connectivity index (χ0n) is 15.2. The quantitative estimate of drug-likeness (QED) is 0.327. The first-order valence-electron chi connectivity index (χ1n) is 8.46. The van der Waals surface area contributed by atoms with Crippen molar-refractivity contribution in [3.63, 3.8) is 0 Å². The average Bonchev–Trinajstić information content (AvgIpc) is 2.53. The molecule has 0 heterocycles. The molecule has 1 aromatic carbocycles. The molecule has 1 amide bonds. The van der Waals surface area contributed by atoms with Crippen molar-refractivity contribution in [2.45, 2.75) is 40.7 Å². The lowest BCUT2D eigenvalue weighted by atomic mass is 10.1. The number of nitrogens with zero attached hydrogens (tertiary/aromatic N) is 1. The number of nitrogens with one attached hydrogen (secondary N) is 3. The summed E-state index contributed by atoms with van der Waals surface area (Å²) in [4.78, 5) is 16.5. The second-order valence-electron chi connectivity index (χ2n) is 5.86. The van der Waals surface area contributed by atoms with Crippen LogP contribution in [0.2, 0.25) is 0 Å². The summed E-state index contributed by atoms with van der Waals surface area (Å²) in [6.45, 7) is 11.3. The second-order valence-corrected chi connectivity index (χ2v) is 5.86. The molecule has 0 fully saturated rings. The summed E-state index contributed by atoms with van der Waals surface area (Å²) in [5.74, 6) is 1.44. The fourth-order valence-corrected chi connectivity index (χ4v) is 2.06. The second kappa shape index (κ2) is 13.0. The van der Waals surface area contributed by atoms with E-state index in [1.165, 1.54) is 0 Å². The van der Waals surface area contributed by atoms with E-state index in [0.717, 1.165) is 31.0 Å². The third-order valence-electron chi connectivity index (χ3n) is 3.30. The van der Waals surface area contributed by atoms with Gasteiger partial charge in [0.25, 0.3) is 5.91 Å². The molecule has 0 unspecified atom stereocenters. The number of hydrogen-bond acceptors (Lipinski definition) is 2. The molecule has 1 aromatic rings. The van der Waals surface area contributed by atoms with E-state index in [-0.39, 0.29) is 29.9 Å². The van der Waals surface area contributed by atoms with Gasteiger partial charge in [-0.25, -0.2) is 4.99 Å². The van der Waals surface area contributed by atoms with Crippen LogP contribution >= 0.6 is 24.0 Å². The summed E-state index contributed by atoms with van der Waals surface area (Å²) in [6, 6.07) is 7.61. The molecule has 24 heavy (non-hydrogen) atoms. The maximum absolute atomic E-state index is 11.9. The van der Waals surface area contributed by atoms with Gasteiger partial charge in [0.2, 0.25) is 0 Å². The zero-order chi connectivity index (χ0) is 17.1. The van der Waals surface area contributed by atoms with E-state index in [9.17, 15) is 4.79 Å². The summed E-state index contributed by atoms with van der Waals surface area (Å²) in [5, 5.41) is 9.40. The first kappa shape index (κ1) is 22.7. The topological polar surface area (TPSA) is 65.5 Å². The van der Waals surface area contributed by atoms with E-state index in [2.05, 4.69) is 41.7 Å². The molecule has 0 saturated heterocycles. The van der Waals surface area contributed by atoms with Crippen LogP contribution < -0.4 is 16.0 Å². The van der Waals surface area contributed by atoms with Crippen molar-refractivity contribution >= 4 is 35.8 Å². The largest absolute Gasteiger partial charge is 0.357 e. The van der Waals surface area contributed by atoms with E-state index in [0.29, 0.717) is 24.6 Å². The predicted octanol–water partition coefficient (Wildman–Crippen LogP) is 3.16. The molecule has 0 spiro atoms. The Morgan fingerprint density at radius 2 is 1.83 bits per heavy atom. The highest BCUT2D eigenvalue weighted by atomic mass is 127. The third kappa shape index (κ3) is 9.10. The normalized spacial score (nSPS) is 11.0. The lowest BCUT2D eigenvalue weighted by Crippen LogP contribution is -2.38. The van der Waals surface area contributed by atoms with Crippen molar-refractivity contribution in [1.29, 1.82) is 0 Å². The SMILES string of the molecule is CCNC(=O)c1cccc(CN=C(NCC)NCCC(C)C)c1.I.